The maximum atomic E-state index is 10.4. The number of aryl methyl sites for hydroxylation is 1. The minimum absolute atomic E-state index is 0.628. The second-order valence-corrected chi connectivity index (χ2v) is 2.58. The number of carbonyl (C=O) groups is 1. The largest absolute Gasteiger partial charge is 0.298 e. The monoisotopic (exact) mass is 161 g/mol. The van der Waals surface area contributed by atoms with E-state index in [4.69, 9.17) is 0 Å². The molecule has 0 saturated heterocycles. The summed E-state index contributed by atoms with van der Waals surface area (Å²) in [5.74, 6) is 0. The molecule has 4 heteroatoms. The quantitative estimate of drug-likeness (QED) is 0.580. The molecule has 0 aliphatic carbocycles. The van der Waals surface area contributed by atoms with Crippen molar-refractivity contribution in [3.63, 3.8) is 0 Å². The summed E-state index contributed by atoms with van der Waals surface area (Å²) in [4.78, 5) is 10.4. The van der Waals surface area contributed by atoms with E-state index in [2.05, 4.69) is 10.3 Å². The summed E-state index contributed by atoms with van der Waals surface area (Å²) in [5, 5.41) is 7.70. The molecule has 0 atom stereocenters. The lowest BCUT2D eigenvalue weighted by atomic mass is 10.2. The molecule has 60 valence electrons. The Morgan fingerprint density at radius 3 is 3.08 bits per heavy atom. The average Bonchev–Trinajstić information content (AvgIpc) is 2.47. The summed E-state index contributed by atoms with van der Waals surface area (Å²) in [5.41, 5.74) is 2.31. The molecule has 4 nitrogen and oxygen atoms in total. The van der Waals surface area contributed by atoms with Gasteiger partial charge in [-0.05, 0) is 18.2 Å². The Balaban J connectivity index is 2.77. The minimum atomic E-state index is 0.628. The lowest BCUT2D eigenvalue weighted by molar-refractivity contribution is 0.112. The van der Waals surface area contributed by atoms with Crippen LogP contribution >= 0.6 is 0 Å². The lowest BCUT2D eigenvalue weighted by Gasteiger charge is -1.91. The highest BCUT2D eigenvalue weighted by atomic mass is 16.1. The van der Waals surface area contributed by atoms with E-state index in [-0.39, 0.29) is 0 Å². The summed E-state index contributed by atoms with van der Waals surface area (Å²) in [6, 6.07) is 5.30. The van der Waals surface area contributed by atoms with Crippen LogP contribution in [0.4, 0.5) is 0 Å². The highest BCUT2D eigenvalue weighted by Crippen LogP contribution is 2.10. The zero-order chi connectivity index (χ0) is 8.55. The first-order valence-corrected chi connectivity index (χ1v) is 3.56. The van der Waals surface area contributed by atoms with E-state index < -0.39 is 0 Å². The molecular weight excluding hydrogens is 154 g/mol. The fraction of sp³-hybridized carbons (Fsp3) is 0.125. The average molecular weight is 161 g/mol. The van der Waals surface area contributed by atoms with Gasteiger partial charge < -0.3 is 0 Å². The van der Waals surface area contributed by atoms with Gasteiger partial charge in [0, 0.05) is 12.6 Å². The maximum absolute atomic E-state index is 10.4. The molecule has 1 aromatic carbocycles. The fourth-order valence-electron chi connectivity index (χ4n) is 1.13. The van der Waals surface area contributed by atoms with E-state index >= 15 is 0 Å². The van der Waals surface area contributed by atoms with E-state index in [0.29, 0.717) is 5.56 Å². The Kier molecular flexibility index (Phi) is 1.40. The predicted molar refractivity (Wildman–Crippen MR) is 43.9 cm³/mol. The van der Waals surface area contributed by atoms with Gasteiger partial charge in [-0.15, -0.1) is 5.10 Å². The lowest BCUT2D eigenvalue weighted by Crippen LogP contribution is -1.89. The molecule has 0 bridgehead atoms. The predicted octanol–water partition coefficient (Wildman–Crippen LogP) is 0.781. The standard InChI is InChI=1S/C8H7N3O/c1-11-8-3-2-6(5-12)4-7(8)9-10-11/h2-5H,1H3. The number of nitrogens with zero attached hydrogens (tertiary/aromatic N) is 3. The summed E-state index contributed by atoms with van der Waals surface area (Å²) >= 11 is 0. The van der Waals surface area contributed by atoms with Crippen LogP contribution in [-0.2, 0) is 7.05 Å². The number of benzene rings is 1. The molecule has 0 unspecified atom stereocenters. The maximum Gasteiger partial charge on any atom is 0.150 e. The van der Waals surface area contributed by atoms with Crippen molar-refractivity contribution in [3.05, 3.63) is 23.8 Å². The Bertz CT molecular complexity index is 433. The highest BCUT2D eigenvalue weighted by molar-refractivity contribution is 5.84. The van der Waals surface area contributed by atoms with Gasteiger partial charge in [0.2, 0.25) is 0 Å². The zero-order valence-electron chi connectivity index (χ0n) is 6.56. The smallest absolute Gasteiger partial charge is 0.150 e. The molecule has 0 N–H and O–H groups in total. The number of hydrogen-bond acceptors (Lipinski definition) is 3. The van der Waals surface area contributed by atoms with Crippen LogP contribution in [0.25, 0.3) is 11.0 Å². The van der Waals surface area contributed by atoms with Crippen LogP contribution < -0.4 is 0 Å². The van der Waals surface area contributed by atoms with Gasteiger partial charge in [-0.2, -0.15) is 0 Å². The number of rotatable bonds is 1. The first-order chi connectivity index (χ1) is 5.81. The van der Waals surface area contributed by atoms with Crippen molar-refractivity contribution in [1.82, 2.24) is 15.0 Å². The van der Waals surface area contributed by atoms with Gasteiger partial charge in [0.25, 0.3) is 0 Å². The normalized spacial score (nSPS) is 10.4. The number of aldehydes is 1. The molecule has 1 heterocycles. The third-order valence-corrected chi connectivity index (χ3v) is 1.77. The van der Waals surface area contributed by atoms with Crippen LogP contribution in [0.3, 0.4) is 0 Å². The van der Waals surface area contributed by atoms with Crippen molar-refractivity contribution in [2.75, 3.05) is 0 Å². The Labute approximate surface area is 68.8 Å². The molecule has 1 aromatic heterocycles. The molecule has 0 aliphatic rings. The van der Waals surface area contributed by atoms with Crippen LogP contribution in [0.2, 0.25) is 0 Å². The van der Waals surface area contributed by atoms with Crippen molar-refractivity contribution in [1.29, 1.82) is 0 Å². The van der Waals surface area contributed by atoms with E-state index in [1.807, 2.05) is 13.1 Å². The first-order valence-electron chi connectivity index (χ1n) is 3.56. The Morgan fingerprint density at radius 2 is 2.33 bits per heavy atom. The molecule has 0 saturated carbocycles. The fourth-order valence-corrected chi connectivity index (χ4v) is 1.13. The second-order valence-electron chi connectivity index (χ2n) is 2.58. The summed E-state index contributed by atoms with van der Waals surface area (Å²) < 4.78 is 1.67. The van der Waals surface area contributed by atoms with Crippen LogP contribution in [0.15, 0.2) is 18.2 Å². The molecule has 12 heavy (non-hydrogen) atoms. The third-order valence-electron chi connectivity index (χ3n) is 1.77. The van der Waals surface area contributed by atoms with Crippen LogP contribution in [0.5, 0.6) is 0 Å². The van der Waals surface area contributed by atoms with E-state index in [9.17, 15) is 4.79 Å². The van der Waals surface area contributed by atoms with Crippen molar-refractivity contribution in [2.24, 2.45) is 7.05 Å². The second kappa shape index (κ2) is 2.41. The summed E-state index contributed by atoms with van der Waals surface area (Å²) in [6.07, 6.45) is 0.800. The molecule has 0 spiro atoms. The number of aromatic nitrogens is 3. The van der Waals surface area contributed by atoms with Crippen molar-refractivity contribution in [3.8, 4) is 0 Å². The topological polar surface area (TPSA) is 47.8 Å². The Morgan fingerprint density at radius 1 is 1.50 bits per heavy atom. The van der Waals surface area contributed by atoms with Crippen LogP contribution in [0, 0.1) is 0 Å². The van der Waals surface area contributed by atoms with Crippen LogP contribution in [0.1, 0.15) is 10.4 Å². The third kappa shape index (κ3) is 0.887. The van der Waals surface area contributed by atoms with E-state index in [1.54, 1.807) is 16.8 Å². The molecule has 0 aliphatic heterocycles. The molecule has 2 rings (SSSR count). The van der Waals surface area contributed by atoms with Crippen molar-refractivity contribution in [2.45, 2.75) is 0 Å². The minimum Gasteiger partial charge on any atom is -0.298 e. The molecule has 2 aromatic rings. The summed E-state index contributed by atoms with van der Waals surface area (Å²) in [6.45, 7) is 0. The van der Waals surface area contributed by atoms with Gasteiger partial charge in [0.1, 0.15) is 11.8 Å². The molecule has 0 amide bonds. The first kappa shape index (κ1) is 6.97. The Hall–Kier alpha value is -1.71. The molecule has 0 radical (unpaired) electrons. The highest BCUT2D eigenvalue weighted by Gasteiger charge is 2.00. The van der Waals surface area contributed by atoms with Gasteiger partial charge in [-0.1, -0.05) is 5.21 Å². The van der Waals surface area contributed by atoms with Crippen molar-refractivity contribution < 1.29 is 4.79 Å². The number of hydrogen-bond donors (Lipinski definition) is 0. The van der Waals surface area contributed by atoms with Gasteiger partial charge in [-0.3, -0.25) is 4.79 Å². The molecule has 0 fully saturated rings. The zero-order valence-corrected chi connectivity index (χ0v) is 6.56. The van der Waals surface area contributed by atoms with Crippen LogP contribution in [-0.4, -0.2) is 21.3 Å². The number of fused-ring (bicyclic) bond motifs is 1. The SMILES string of the molecule is Cn1nnc2cc(C=O)ccc21. The molecular formula is C8H7N3O. The summed E-state index contributed by atoms with van der Waals surface area (Å²) in [7, 11) is 1.82. The van der Waals surface area contributed by atoms with E-state index in [0.717, 1.165) is 17.3 Å². The van der Waals surface area contributed by atoms with E-state index in [1.165, 1.54) is 0 Å². The van der Waals surface area contributed by atoms with Gasteiger partial charge in [0.15, 0.2) is 0 Å². The van der Waals surface area contributed by atoms with Gasteiger partial charge in [-0.25, -0.2) is 4.68 Å². The van der Waals surface area contributed by atoms with Crippen molar-refractivity contribution >= 4 is 17.3 Å². The van der Waals surface area contributed by atoms with Gasteiger partial charge >= 0.3 is 0 Å². The number of carbonyl (C=O) groups excluding carboxylic acids is 1. The van der Waals surface area contributed by atoms with Gasteiger partial charge in [0.05, 0.1) is 5.52 Å².